The SMILES string of the molecule is O=C1N[C@](Cc2ccc(F)cc2)(C2CCNCC2)C(=O)N1Cc1nccs1. The number of imide groups is 1. The number of carbonyl (C=O) groups is 2. The van der Waals surface area contributed by atoms with Gasteiger partial charge in [-0.3, -0.25) is 9.69 Å². The molecule has 4 rings (SSSR count). The monoisotopic (exact) mass is 388 g/mol. The van der Waals surface area contributed by atoms with Gasteiger partial charge in [-0.05, 0) is 49.5 Å². The molecule has 0 radical (unpaired) electrons. The molecule has 2 aromatic rings. The van der Waals surface area contributed by atoms with Crippen LogP contribution in [0.15, 0.2) is 35.8 Å². The fourth-order valence-electron chi connectivity index (χ4n) is 4.03. The largest absolute Gasteiger partial charge is 0.325 e. The average molecular weight is 388 g/mol. The predicted molar refractivity (Wildman–Crippen MR) is 99.6 cm³/mol. The Morgan fingerprint density at radius 1 is 1.22 bits per heavy atom. The van der Waals surface area contributed by atoms with Crippen LogP contribution >= 0.6 is 11.3 Å². The second-order valence-corrected chi connectivity index (χ2v) is 8.03. The van der Waals surface area contributed by atoms with Gasteiger partial charge in [0.05, 0.1) is 6.54 Å². The van der Waals surface area contributed by atoms with Crippen LogP contribution in [0.1, 0.15) is 23.4 Å². The molecule has 1 aromatic carbocycles. The van der Waals surface area contributed by atoms with Crippen molar-refractivity contribution in [2.24, 2.45) is 5.92 Å². The number of rotatable bonds is 5. The number of halogens is 1. The third kappa shape index (κ3) is 3.46. The van der Waals surface area contributed by atoms with Crippen molar-refractivity contribution in [3.05, 3.63) is 52.2 Å². The third-order valence-electron chi connectivity index (χ3n) is 5.41. The van der Waals surface area contributed by atoms with Crippen LogP contribution in [0.25, 0.3) is 0 Å². The van der Waals surface area contributed by atoms with Gasteiger partial charge in [0, 0.05) is 18.0 Å². The number of thiazole rings is 1. The molecule has 3 amide bonds. The minimum absolute atomic E-state index is 0.0292. The van der Waals surface area contributed by atoms with Crippen molar-refractivity contribution >= 4 is 23.3 Å². The topological polar surface area (TPSA) is 74.3 Å². The average Bonchev–Trinajstić information content (AvgIpc) is 3.28. The molecular formula is C19H21FN4O2S. The second-order valence-electron chi connectivity index (χ2n) is 7.05. The molecule has 2 N–H and O–H groups in total. The maximum atomic E-state index is 13.5. The second kappa shape index (κ2) is 7.36. The van der Waals surface area contributed by atoms with Crippen molar-refractivity contribution in [2.75, 3.05) is 13.1 Å². The number of nitrogens with one attached hydrogen (secondary N) is 2. The molecule has 2 saturated heterocycles. The summed E-state index contributed by atoms with van der Waals surface area (Å²) < 4.78 is 13.3. The molecule has 0 saturated carbocycles. The van der Waals surface area contributed by atoms with E-state index in [0.717, 1.165) is 36.5 Å². The van der Waals surface area contributed by atoms with Crippen LogP contribution in [0.2, 0.25) is 0 Å². The van der Waals surface area contributed by atoms with Crippen molar-refractivity contribution in [1.29, 1.82) is 0 Å². The first kappa shape index (κ1) is 18.1. The molecule has 0 bridgehead atoms. The van der Waals surface area contributed by atoms with E-state index in [1.54, 1.807) is 18.3 Å². The van der Waals surface area contributed by atoms with Crippen LogP contribution in [-0.4, -0.2) is 40.5 Å². The minimum Gasteiger partial charge on any atom is -0.322 e. The minimum atomic E-state index is -0.992. The Kier molecular flexibility index (Phi) is 4.92. The van der Waals surface area contributed by atoms with E-state index in [1.165, 1.54) is 28.4 Å². The van der Waals surface area contributed by atoms with Gasteiger partial charge < -0.3 is 10.6 Å². The molecule has 2 aliphatic rings. The van der Waals surface area contributed by atoms with Crippen molar-refractivity contribution in [3.63, 3.8) is 0 Å². The molecule has 0 unspecified atom stereocenters. The highest BCUT2D eigenvalue weighted by atomic mass is 32.1. The zero-order valence-corrected chi connectivity index (χ0v) is 15.6. The molecule has 0 aliphatic carbocycles. The van der Waals surface area contributed by atoms with Gasteiger partial charge in [0.15, 0.2) is 0 Å². The summed E-state index contributed by atoms with van der Waals surface area (Å²) in [7, 11) is 0. The summed E-state index contributed by atoms with van der Waals surface area (Å²) in [5.74, 6) is -0.498. The molecule has 2 fully saturated rings. The van der Waals surface area contributed by atoms with Crippen LogP contribution in [0.3, 0.4) is 0 Å². The normalized spacial score (nSPS) is 23.7. The Hall–Kier alpha value is -2.32. The third-order valence-corrected chi connectivity index (χ3v) is 6.18. The number of benzene rings is 1. The Morgan fingerprint density at radius 2 is 1.96 bits per heavy atom. The summed E-state index contributed by atoms with van der Waals surface area (Å²) in [5.41, 5.74) is -0.159. The number of amides is 3. The van der Waals surface area contributed by atoms with Crippen LogP contribution in [0.5, 0.6) is 0 Å². The van der Waals surface area contributed by atoms with Crippen molar-refractivity contribution < 1.29 is 14.0 Å². The summed E-state index contributed by atoms with van der Waals surface area (Å²) in [6.07, 6.45) is 3.63. The summed E-state index contributed by atoms with van der Waals surface area (Å²) in [6, 6.07) is 5.76. The summed E-state index contributed by atoms with van der Waals surface area (Å²) in [6.45, 7) is 1.80. The molecule has 1 atom stereocenters. The van der Waals surface area contributed by atoms with E-state index in [9.17, 15) is 14.0 Å². The number of hydrogen-bond acceptors (Lipinski definition) is 5. The summed E-state index contributed by atoms with van der Waals surface area (Å²) in [4.78, 5) is 31.6. The molecule has 0 spiro atoms. The lowest BCUT2D eigenvalue weighted by Crippen LogP contribution is -2.57. The van der Waals surface area contributed by atoms with E-state index >= 15 is 0 Å². The lowest BCUT2D eigenvalue weighted by Gasteiger charge is -2.38. The Balaban J connectivity index is 1.66. The highest BCUT2D eigenvalue weighted by Gasteiger charge is 2.55. The first-order valence-corrected chi connectivity index (χ1v) is 9.94. The van der Waals surface area contributed by atoms with E-state index < -0.39 is 5.54 Å². The van der Waals surface area contributed by atoms with Gasteiger partial charge in [-0.25, -0.2) is 14.2 Å². The van der Waals surface area contributed by atoms with Gasteiger partial charge in [-0.1, -0.05) is 12.1 Å². The number of aromatic nitrogens is 1. The Bertz CT molecular complexity index is 821. The van der Waals surface area contributed by atoms with Crippen LogP contribution in [0.4, 0.5) is 9.18 Å². The van der Waals surface area contributed by atoms with Gasteiger partial charge in [0.1, 0.15) is 16.4 Å². The maximum Gasteiger partial charge on any atom is 0.325 e. The number of nitrogens with zero attached hydrogens (tertiary/aromatic N) is 2. The predicted octanol–water partition coefficient (Wildman–Crippen LogP) is 2.32. The van der Waals surface area contributed by atoms with E-state index in [1.807, 2.05) is 5.38 Å². The number of urea groups is 1. The van der Waals surface area contributed by atoms with Crippen LogP contribution in [-0.2, 0) is 17.8 Å². The first-order chi connectivity index (χ1) is 13.1. The van der Waals surface area contributed by atoms with Crippen molar-refractivity contribution in [1.82, 2.24) is 20.5 Å². The van der Waals surface area contributed by atoms with Crippen LogP contribution in [0, 0.1) is 11.7 Å². The zero-order chi connectivity index (χ0) is 18.9. The number of hydrogen-bond donors (Lipinski definition) is 2. The Morgan fingerprint density at radius 3 is 2.63 bits per heavy atom. The van der Waals surface area contributed by atoms with Gasteiger partial charge in [-0.2, -0.15) is 0 Å². The molecular weight excluding hydrogens is 367 g/mol. The first-order valence-electron chi connectivity index (χ1n) is 9.06. The lowest BCUT2D eigenvalue weighted by molar-refractivity contribution is -0.134. The van der Waals surface area contributed by atoms with Crippen molar-refractivity contribution in [2.45, 2.75) is 31.3 Å². The van der Waals surface area contributed by atoms with E-state index in [0.29, 0.717) is 6.42 Å². The quantitative estimate of drug-likeness (QED) is 0.771. The molecule has 6 nitrogen and oxygen atoms in total. The molecule has 27 heavy (non-hydrogen) atoms. The molecule has 1 aromatic heterocycles. The van der Waals surface area contributed by atoms with Gasteiger partial charge in [-0.15, -0.1) is 11.3 Å². The van der Waals surface area contributed by atoms with Gasteiger partial charge >= 0.3 is 6.03 Å². The molecule has 3 heterocycles. The van der Waals surface area contributed by atoms with E-state index in [4.69, 9.17) is 0 Å². The lowest BCUT2D eigenvalue weighted by atomic mass is 9.74. The fourth-order valence-corrected chi connectivity index (χ4v) is 4.64. The standard InChI is InChI=1S/C19H21FN4O2S/c20-15-3-1-13(2-4-15)11-19(14-5-7-21-8-6-14)17(25)24(18(26)23-19)12-16-22-9-10-27-16/h1-4,9-10,14,21H,5-8,11-12H2,(H,23,26)/t19-/m1/s1. The maximum absolute atomic E-state index is 13.5. The Labute approximate surface area is 160 Å². The summed E-state index contributed by atoms with van der Waals surface area (Å²) >= 11 is 1.42. The van der Waals surface area contributed by atoms with Gasteiger partial charge in [0.25, 0.3) is 5.91 Å². The van der Waals surface area contributed by atoms with Crippen LogP contribution < -0.4 is 10.6 Å². The molecule has 142 valence electrons. The van der Waals surface area contributed by atoms with E-state index in [-0.39, 0.29) is 30.2 Å². The fraction of sp³-hybridized carbons (Fsp3) is 0.421. The molecule has 8 heteroatoms. The van der Waals surface area contributed by atoms with Crippen molar-refractivity contribution in [3.8, 4) is 0 Å². The highest BCUT2D eigenvalue weighted by Crippen LogP contribution is 2.36. The van der Waals surface area contributed by atoms with E-state index in [2.05, 4.69) is 15.6 Å². The summed E-state index contributed by atoms with van der Waals surface area (Å²) in [5, 5.41) is 8.86. The van der Waals surface area contributed by atoms with Gasteiger partial charge in [0.2, 0.25) is 0 Å². The molecule has 2 aliphatic heterocycles. The zero-order valence-electron chi connectivity index (χ0n) is 14.8. The smallest absolute Gasteiger partial charge is 0.322 e. The highest BCUT2D eigenvalue weighted by molar-refractivity contribution is 7.09. The number of carbonyl (C=O) groups excluding carboxylic acids is 2. The number of piperidine rings is 1.